The van der Waals surface area contributed by atoms with Crippen LogP contribution in [-0.2, 0) is 6.54 Å². The molecule has 0 spiro atoms. The zero-order valence-corrected chi connectivity index (χ0v) is 13.0. The fraction of sp³-hybridized carbons (Fsp3) is 0.400. The fourth-order valence-corrected chi connectivity index (χ4v) is 3.07. The Balaban J connectivity index is 2.16. The summed E-state index contributed by atoms with van der Waals surface area (Å²) in [5.41, 5.74) is 10.1. The minimum absolute atomic E-state index is 0.173. The van der Waals surface area contributed by atoms with E-state index >= 15 is 0 Å². The van der Waals surface area contributed by atoms with Crippen molar-refractivity contribution in [3.8, 4) is 5.75 Å². The summed E-state index contributed by atoms with van der Waals surface area (Å²) in [6.45, 7) is 3.47. The summed E-state index contributed by atoms with van der Waals surface area (Å²) in [6.07, 6.45) is 0. The van der Waals surface area contributed by atoms with Crippen LogP contribution in [0.5, 0.6) is 5.75 Å². The van der Waals surface area contributed by atoms with Gasteiger partial charge in [0.2, 0.25) is 0 Å². The van der Waals surface area contributed by atoms with E-state index in [1.54, 1.807) is 18.4 Å². The summed E-state index contributed by atoms with van der Waals surface area (Å²) in [5, 5.41) is 0. The molecule has 108 valence electrons. The number of aromatic nitrogens is 1. The van der Waals surface area contributed by atoms with Crippen molar-refractivity contribution >= 4 is 11.3 Å². The van der Waals surface area contributed by atoms with Crippen LogP contribution in [0.25, 0.3) is 0 Å². The molecule has 1 aromatic heterocycles. The summed E-state index contributed by atoms with van der Waals surface area (Å²) in [5.74, 6) is 0.864. The first kappa shape index (κ1) is 15.0. The van der Waals surface area contributed by atoms with Crippen LogP contribution in [-0.4, -0.2) is 30.6 Å². The van der Waals surface area contributed by atoms with Crippen molar-refractivity contribution in [2.24, 2.45) is 5.73 Å². The Bertz CT molecular complexity index is 556. The summed E-state index contributed by atoms with van der Waals surface area (Å²) < 4.78 is 5.29. The lowest BCUT2D eigenvalue weighted by molar-refractivity contribution is 0.243. The molecule has 1 aromatic carbocycles. The van der Waals surface area contributed by atoms with Crippen LogP contribution in [0.2, 0.25) is 0 Å². The Kier molecular flexibility index (Phi) is 5.11. The SMILES string of the molecule is COc1cccc(C(CN)N(C)Cc2scnc2C)c1. The van der Waals surface area contributed by atoms with Crippen LogP contribution in [0, 0.1) is 6.92 Å². The van der Waals surface area contributed by atoms with E-state index in [9.17, 15) is 0 Å². The Morgan fingerprint density at radius 1 is 1.45 bits per heavy atom. The first-order chi connectivity index (χ1) is 9.65. The zero-order valence-electron chi connectivity index (χ0n) is 12.2. The average Bonchev–Trinajstić information content (AvgIpc) is 2.85. The quantitative estimate of drug-likeness (QED) is 0.889. The molecule has 2 aromatic rings. The van der Waals surface area contributed by atoms with E-state index in [0.29, 0.717) is 6.54 Å². The summed E-state index contributed by atoms with van der Waals surface area (Å²) in [7, 11) is 3.77. The highest BCUT2D eigenvalue weighted by molar-refractivity contribution is 7.09. The van der Waals surface area contributed by atoms with Crippen molar-refractivity contribution in [3.63, 3.8) is 0 Å². The van der Waals surface area contributed by atoms with Crippen molar-refractivity contribution in [1.29, 1.82) is 0 Å². The maximum atomic E-state index is 5.97. The van der Waals surface area contributed by atoms with Crippen LogP contribution >= 0.6 is 11.3 Å². The smallest absolute Gasteiger partial charge is 0.119 e. The second-order valence-electron chi connectivity index (χ2n) is 4.80. The van der Waals surface area contributed by atoms with Crippen molar-refractivity contribution < 1.29 is 4.74 Å². The van der Waals surface area contributed by atoms with Gasteiger partial charge in [-0.2, -0.15) is 0 Å². The average molecular weight is 291 g/mol. The highest BCUT2D eigenvalue weighted by Gasteiger charge is 2.17. The molecule has 4 nitrogen and oxygen atoms in total. The molecule has 0 fully saturated rings. The number of rotatable bonds is 6. The Labute approximate surface area is 124 Å². The van der Waals surface area contributed by atoms with Gasteiger partial charge in [0.25, 0.3) is 0 Å². The normalized spacial score (nSPS) is 12.7. The lowest BCUT2D eigenvalue weighted by Gasteiger charge is -2.27. The number of hydrogen-bond acceptors (Lipinski definition) is 5. The molecule has 0 saturated heterocycles. The molecule has 0 radical (unpaired) electrons. The summed E-state index contributed by atoms with van der Waals surface area (Å²) >= 11 is 1.69. The highest BCUT2D eigenvalue weighted by Crippen LogP contribution is 2.25. The lowest BCUT2D eigenvalue weighted by atomic mass is 10.1. The number of thiazole rings is 1. The first-order valence-electron chi connectivity index (χ1n) is 6.59. The van der Waals surface area contributed by atoms with Crippen molar-refractivity contribution in [1.82, 2.24) is 9.88 Å². The van der Waals surface area contributed by atoms with Crippen LogP contribution in [0.1, 0.15) is 22.2 Å². The standard InChI is InChI=1S/C15H21N3OS/c1-11-15(20-10-17-11)9-18(2)14(8-16)12-5-4-6-13(7-12)19-3/h4-7,10,14H,8-9,16H2,1-3H3. The van der Waals surface area contributed by atoms with E-state index < -0.39 is 0 Å². The van der Waals surface area contributed by atoms with Crippen LogP contribution in [0.15, 0.2) is 29.8 Å². The number of nitrogens with two attached hydrogens (primary N) is 1. The van der Waals surface area contributed by atoms with Crippen molar-refractivity contribution in [2.75, 3.05) is 20.7 Å². The van der Waals surface area contributed by atoms with E-state index in [-0.39, 0.29) is 6.04 Å². The van der Waals surface area contributed by atoms with Gasteiger partial charge in [-0.25, -0.2) is 4.98 Å². The number of nitrogens with zero attached hydrogens (tertiary/aromatic N) is 2. The molecular weight excluding hydrogens is 270 g/mol. The third-order valence-electron chi connectivity index (χ3n) is 3.47. The van der Waals surface area contributed by atoms with Gasteiger partial charge in [0.15, 0.2) is 0 Å². The van der Waals surface area contributed by atoms with E-state index in [2.05, 4.69) is 23.0 Å². The second kappa shape index (κ2) is 6.83. The highest BCUT2D eigenvalue weighted by atomic mass is 32.1. The number of hydrogen-bond donors (Lipinski definition) is 1. The van der Waals surface area contributed by atoms with E-state index in [1.807, 2.05) is 30.6 Å². The molecule has 1 atom stereocenters. The third kappa shape index (κ3) is 3.36. The maximum Gasteiger partial charge on any atom is 0.119 e. The predicted molar refractivity (Wildman–Crippen MR) is 83.1 cm³/mol. The molecular formula is C15H21N3OS. The fourth-order valence-electron chi connectivity index (χ4n) is 2.23. The second-order valence-corrected chi connectivity index (χ2v) is 5.74. The van der Waals surface area contributed by atoms with Gasteiger partial charge in [-0.3, -0.25) is 4.90 Å². The maximum absolute atomic E-state index is 5.97. The largest absolute Gasteiger partial charge is 0.497 e. The molecule has 0 amide bonds. The molecule has 20 heavy (non-hydrogen) atoms. The topological polar surface area (TPSA) is 51.4 Å². The number of aryl methyl sites for hydroxylation is 1. The Hall–Kier alpha value is -1.43. The predicted octanol–water partition coefficient (Wildman–Crippen LogP) is 2.59. The van der Waals surface area contributed by atoms with Gasteiger partial charge < -0.3 is 10.5 Å². The van der Waals surface area contributed by atoms with Crippen molar-refractivity contribution in [2.45, 2.75) is 19.5 Å². The molecule has 0 bridgehead atoms. The molecule has 1 heterocycles. The Morgan fingerprint density at radius 2 is 2.25 bits per heavy atom. The zero-order chi connectivity index (χ0) is 14.5. The molecule has 2 rings (SSSR count). The van der Waals surface area contributed by atoms with Crippen molar-refractivity contribution in [3.05, 3.63) is 45.9 Å². The van der Waals surface area contributed by atoms with E-state index in [4.69, 9.17) is 10.5 Å². The molecule has 1 unspecified atom stereocenters. The summed E-state index contributed by atoms with van der Waals surface area (Å²) in [4.78, 5) is 7.84. The van der Waals surface area contributed by atoms with Crippen LogP contribution < -0.4 is 10.5 Å². The summed E-state index contributed by atoms with van der Waals surface area (Å²) in [6, 6.07) is 8.27. The van der Waals surface area contributed by atoms with Gasteiger partial charge in [0, 0.05) is 24.0 Å². The van der Waals surface area contributed by atoms with Crippen LogP contribution in [0.3, 0.4) is 0 Å². The molecule has 0 saturated carbocycles. The molecule has 0 aliphatic rings. The number of benzene rings is 1. The van der Waals surface area contributed by atoms with E-state index in [1.165, 1.54) is 10.4 Å². The van der Waals surface area contributed by atoms with Gasteiger partial charge in [0.1, 0.15) is 5.75 Å². The van der Waals surface area contributed by atoms with Gasteiger partial charge in [-0.1, -0.05) is 12.1 Å². The molecule has 0 aliphatic heterocycles. The van der Waals surface area contributed by atoms with Crippen LogP contribution in [0.4, 0.5) is 0 Å². The molecule has 2 N–H and O–H groups in total. The number of ether oxygens (including phenoxy) is 1. The first-order valence-corrected chi connectivity index (χ1v) is 7.47. The number of likely N-dealkylation sites (N-methyl/N-ethyl adjacent to an activating group) is 1. The van der Waals surface area contributed by atoms with Gasteiger partial charge in [0.05, 0.1) is 18.3 Å². The van der Waals surface area contributed by atoms with Gasteiger partial charge >= 0.3 is 0 Å². The van der Waals surface area contributed by atoms with Gasteiger partial charge in [-0.15, -0.1) is 11.3 Å². The third-order valence-corrected chi connectivity index (χ3v) is 4.39. The molecule has 5 heteroatoms. The lowest BCUT2D eigenvalue weighted by Crippen LogP contribution is -2.30. The Morgan fingerprint density at radius 3 is 2.85 bits per heavy atom. The molecule has 0 aliphatic carbocycles. The minimum atomic E-state index is 0.173. The monoisotopic (exact) mass is 291 g/mol. The number of methoxy groups -OCH3 is 1. The van der Waals surface area contributed by atoms with E-state index in [0.717, 1.165) is 18.0 Å². The van der Waals surface area contributed by atoms with Gasteiger partial charge in [-0.05, 0) is 31.7 Å². The minimum Gasteiger partial charge on any atom is -0.497 e.